The lowest BCUT2D eigenvalue weighted by molar-refractivity contribution is -0.113. The standard InChI is InChI=1S/C23H20ClN5O3S/c1-29-14-26-28-23(29)33-13-21(30)27-18-8-4-16(5-9-18)22(31)25-12-19-10-11-20(32-19)15-2-6-17(24)7-3-15/h2-11,14H,12-13H2,1H3,(H,25,31)(H,27,30). The molecule has 0 saturated carbocycles. The quantitative estimate of drug-likeness (QED) is 0.362. The fourth-order valence-corrected chi connectivity index (χ4v) is 3.76. The Bertz CT molecular complexity index is 1250. The highest BCUT2D eigenvalue weighted by Gasteiger charge is 2.10. The molecule has 0 unspecified atom stereocenters. The van der Waals surface area contributed by atoms with Gasteiger partial charge in [-0.05, 0) is 60.7 Å². The van der Waals surface area contributed by atoms with Gasteiger partial charge in [-0.1, -0.05) is 23.4 Å². The molecule has 2 aromatic carbocycles. The molecule has 0 aliphatic carbocycles. The number of hydrogen-bond acceptors (Lipinski definition) is 6. The largest absolute Gasteiger partial charge is 0.459 e. The SMILES string of the molecule is Cn1cnnc1SCC(=O)Nc1ccc(C(=O)NCc2ccc(-c3ccc(Cl)cc3)o2)cc1. The van der Waals surface area contributed by atoms with E-state index in [0.29, 0.717) is 33.0 Å². The molecule has 8 nitrogen and oxygen atoms in total. The molecule has 0 aliphatic heterocycles. The molecule has 0 radical (unpaired) electrons. The maximum atomic E-state index is 12.5. The maximum Gasteiger partial charge on any atom is 0.251 e. The van der Waals surface area contributed by atoms with Crippen LogP contribution in [0.25, 0.3) is 11.3 Å². The Hall–Kier alpha value is -3.56. The summed E-state index contributed by atoms with van der Waals surface area (Å²) in [6.07, 6.45) is 1.58. The third-order valence-electron chi connectivity index (χ3n) is 4.65. The second-order valence-electron chi connectivity index (χ2n) is 7.09. The topological polar surface area (TPSA) is 102 Å². The molecule has 2 heterocycles. The van der Waals surface area contributed by atoms with Crippen molar-refractivity contribution in [3.8, 4) is 11.3 Å². The van der Waals surface area contributed by atoms with E-state index in [0.717, 1.165) is 5.56 Å². The molecule has 0 spiro atoms. The van der Waals surface area contributed by atoms with E-state index in [1.165, 1.54) is 11.8 Å². The van der Waals surface area contributed by atoms with Crippen LogP contribution in [0.3, 0.4) is 0 Å². The van der Waals surface area contributed by atoms with Gasteiger partial charge in [0.25, 0.3) is 5.91 Å². The number of benzene rings is 2. The van der Waals surface area contributed by atoms with Gasteiger partial charge in [0, 0.05) is 28.9 Å². The van der Waals surface area contributed by atoms with E-state index in [4.69, 9.17) is 16.0 Å². The molecule has 0 fully saturated rings. The minimum absolute atomic E-state index is 0.172. The van der Waals surface area contributed by atoms with Gasteiger partial charge in [-0.15, -0.1) is 10.2 Å². The van der Waals surface area contributed by atoms with Gasteiger partial charge in [0.1, 0.15) is 17.8 Å². The molecule has 168 valence electrons. The zero-order valence-corrected chi connectivity index (χ0v) is 19.2. The van der Waals surface area contributed by atoms with E-state index < -0.39 is 0 Å². The van der Waals surface area contributed by atoms with Crippen LogP contribution in [0.1, 0.15) is 16.1 Å². The number of carbonyl (C=O) groups is 2. The highest BCUT2D eigenvalue weighted by atomic mass is 35.5. The molecular weight excluding hydrogens is 462 g/mol. The first kappa shape index (κ1) is 22.6. The minimum Gasteiger partial charge on any atom is -0.459 e. The van der Waals surface area contributed by atoms with E-state index in [2.05, 4.69) is 20.8 Å². The molecule has 4 aromatic rings. The maximum absolute atomic E-state index is 12.5. The number of rotatable bonds is 8. The number of aryl methyl sites for hydroxylation is 1. The number of aromatic nitrogens is 3. The zero-order chi connectivity index (χ0) is 23.2. The molecule has 0 atom stereocenters. The second kappa shape index (κ2) is 10.4. The highest BCUT2D eigenvalue weighted by Crippen LogP contribution is 2.24. The van der Waals surface area contributed by atoms with Crippen molar-refractivity contribution in [3.05, 3.63) is 83.3 Å². The molecule has 10 heteroatoms. The van der Waals surface area contributed by atoms with Crippen molar-refractivity contribution >= 4 is 40.9 Å². The summed E-state index contributed by atoms with van der Waals surface area (Å²) in [7, 11) is 1.81. The summed E-state index contributed by atoms with van der Waals surface area (Å²) in [5, 5.41) is 14.6. The van der Waals surface area contributed by atoms with Gasteiger partial charge in [-0.3, -0.25) is 9.59 Å². The first-order valence-electron chi connectivity index (χ1n) is 9.97. The predicted octanol–water partition coefficient (Wildman–Crippen LogP) is 4.39. The normalized spacial score (nSPS) is 10.7. The van der Waals surface area contributed by atoms with Crippen molar-refractivity contribution in [3.63, 3.8) is 0 Å². The molecule has 4 rings (SSSR count). The van der Waals surface area contributed by atoms with Crippen LogP contribution in [0, 0.1) is 0 Å². The molecular formula is C23H20ClN5O3S. The fourth-order valence-electron chi connectivity index (χ4n) is 2.95. The molecule has 2 amide bonds. The molecule has 33 heavy (non-hydrogen) atoms. The Morgan fingerprint density at radius 3 is 2.52 bits per heavy atom. The number of amides is 2. The van der Waals surface area contributed by atoms with E-state index in [-0.39, 0.29) is 24.1 Å². The lowest BCUT2D eigenvalue weighted by Crippen LogP contribution is -2.22. The average molecular weight is 482 g/mol. The van der Waals surface area contributed by atoms with Crippen molar-refractivity contribution in [1.29, 1.82) is 0 Å². The molecule has 2 aromatic heterocycles. The van der Waals surface area contributed by atoms with E-state index >= 15 is 0 Å². The van der Waals surface area contributed by atoms with Gasteiger partial charge >= 0.3 is 0 Å². The lowest BCUT2D eigenvalue weighted by atomic mass is 10.2. The van der Waals surface area contributed by atoms with Gasteiger partial charge < -0.3 is 19.6 Å². The summed E-state index contributed by atoms with van der Waals surface area (Å²) in [5.41, 5.74) is 1.99. The summed E-state index contributed by atoms with van der Waals surface area (Å²) in [5.74, 6) is 1.13. The van der Waals surface area contributed by atoms with Crippen LogP contribution in [-0.2, 0) is 18.4 Å². The third-order valence-corrected chi connectivity index (χ3v) is 5.93. The van der Waals surface area contributed by atoms with Crippen LogP contribution in [-0.4, -0.2) is 32.3 Å². The number of anilines is 1. The van der Waals surface area contributed by atoms with Gasteiger partial charge in [-0.25, -0.2) is 0 Å². The number of carbonyl (C=O) groups excluding carboxylic acids is 2. The van der Waals surface area contributed by atoms with Crippen LogP contribution in [0.15, 0.2) is 76.6 Å². The monoisotopic (exact) mass is 481 g/mol. The van der Waals surface area contributed by atoms with Crippen molar-refractivity contribution in [2.24, 2.45) is 7.05 Å². The average Bonchev–Trinajstić information content (AvgIpc) is 3.46. The van der Waals surface area contributed by atoms with E-state index in [1.807, 2.05) is 31.3 Å². The summed E-state index contributed by atoms with van der Waals surface area (Å²) >= 11 is 7.21. The summed E-state index contributed by atoms with van der Waals surface area (Å²) in [4.78, 5) is 24.6. The minimum atomic E-state index is -0.241. The Labute approximate surface area is 199 Å². The van der Waals surface area contributed by atoms with Crippen LogP contribution in [0.4, 0.5) is 5.69 Å². The van der Waals surface area contributed by atoms with Crippen molar-refractivity contribution in [2.45, 2.75) is 11.7 Å². The predicted molar refractivity (Wildman–Crippen MR) is 127 cm³/mol. The number of nitrogens with zero attached hydrogens (tertiary/aromatic N) is 3. The van der Waals surface area contributed by atoms with Crippen molar-refractivity contribution in [1.82, 2.24) is 20.1 Å². The Balaban J connectivity index is 1.26. The Morgan fingerprint density at radius 1 is 1.06 bits per heavy atom. The Morgan fingerprint density at radius 2 is 1.82 bits per heavy atom. The first-order chi connectivity index (χ1) is 16.0. The summed E-state index contributed by atoms with van der Waals surface area (Å²) in [6.45, 7) is 0.254. The van der Waals surface area contributed by atoms with Crippen LogP contribution in [0.5, 0.6) is 0 Å². The lowest BCUT2D eigenvalue weighted by Gasteiger charge is -2.07. The van der Waals surface area contributed by atoms with Crippen LogP contribution >= 0.6 is 23.4 Å². The molecule has 0 bridgehead atoms. The second-order valence-corrected chi connectivity index (χ2v) is 8.47. The van der Waals surface area contributed by atoms with E-state index in [1.54, 1.807) is 47.3 Å². The van der Waals surface area contributed by atoms with Crippen molar-refractivity contribution in [2.75, 3.05) is 11.1 Å². The first-order valence-corrected chi connectivity index (χ1v) is 11.3. The van der Waals surface area contributed by atoms with Gasteiger partial charge in [0.15, 0.2) is 5.16 Å². The van der Waals surface area contributed by atoms with Gasteiger partial charge in [-0.2, -0.15) is 0 Å². The number of halogens is 1. The number of nitrogens with one attached hydrogen (secondary N) is 2. The third kappa shape index (κ3) is 6.03. The molecule has 2 N–H and O–H groups in total. The zero-order valence-electron chi connectivity index (χ0n) is 17.6. The van der Waals surface area contributed by atoms with Crippen LogP contribution < -0.4 is 10.6 Å². The number of furan rings is 1. The van der Waals surface area contributed by atoms with E-state index in [9.17, 15) is 9.59 Å². The summed E-state index contributed by atoms with van der Waals surface area (Å²) < 4.78 is 7.54. The highest BCUT2D eigenvalue weighted by molar-refractivity contribution is 7.99. The van der Waals surface area contributed by atoms with Gasteiger partial charge in [0.2, 0.25) is 5.91 Å². The fraction of sp³-hybridized carbons (Fsp3) is 0.130. The number of hydrogen-bond donors (Lipinski definition) is 2. The number of thioether (sulfide) groups is 1. The molecule has 0 saturated heterocycles. The molecule has 0 aliphatic rings. The smallest absolute Gasteiger partial charge is 0.251 e. The van der Waals surface area contributed by atoms with Gasteiger partial charge in [0.05, 0.1) is 12.3 Å². The van der Waals surface area contributed by atoms with Crippen LogP contribution in [0.2, 0.25) is 5.02 Å². The van der Waals surface area contributed by atoms with Crippen molar-refractivity contribution < 1.29 is 14.0 Å². The summed E-state index contributed by atoms with van der Waals surface area (Å²) in [6, 6.07) is 17.7. The Kier molecular flexibility index (Phi) is 7.11.